The zero-order valence-electron chi connectivity index (χ0n) is 14.9. The number of halogens is 4. The van der Waals surface area contributed by atoms with Gasteiger partial charge in [0.05, 0.1) is 32.9 Å². The first kappa shape index (κ1) is 23.1. The van der Waals surface area contributed by atoms with E-state index in [9.17, 15) is 14.4 Å². The average Bonchev–Trinajstić information content (AvgIpc) is 2.72. The third-order valence-electron chi connectivity index (χ3n) is 3.47. The number of methoxy groups -OCH3 is 1. The van der Waals surface area contributed by atoms with Crippen LogP contribution < -0.4 is 15.4 Å². The van der Waals surface area contributed by atoms with Gasteiger partial charge in [0, 0.05) is 5.56 Å². The lowest BCUT2D eigenvalue weighted by Gasteiger charge is -2.12. The molecule has 2 aromatic carbocycles. The predicted molar refractivity (Wildman–Crippen MR) is 111 cm³/mol. The standard InChI is InChI=1S/C18H14Cl4N2O5/c1-28-10-4-2-3-9(5-10)18(27)23-7-14(26)29-8-13(25)24-17-15(21)11(19)6-12(20)16(17)22/h2-6H,7-8H2,1H3,(H,23,27)(H,24,25). The van der Waals surface area contributed by atoms with E-state index in [-0.39, 0.29) is 25.8 Å². The Morgan fingerprint density at radius 1 is 1.00 bits per heavy atom. The highest BCUT2D eigenvalue weighted by Gasteiger charge is 2.17. The van der Waals surface area contributed by atoms with Crippen molar-refractivity contribution in [3.8, 4) is 5.75 Å². The lowest BCUT2D eigenvalue weighted by molar-refractivity contribution is -0.146. The first-order valence-electron chi connectivity index (χ1n) is 7.93. The van der Waals surface area contributed by atoms with E-state index in [4.69, 9.17) is 55.9 Å². The summed E-state index contributed by atoms with van der Waals surface area (Å²) in [4.78, 5) is 35.8. The van der Waals surface area contributed by atoms with Crippen LogP contribution in [0.3, 0.4) is 0 Å². The van der Waals surface area contributed by atoms with E-state index in [0.29, 0.717) is 11.3 Å². The molecule has 0 unspecified atom stereocenters. The van der Waals surface area contributed by atoms with Crippen molar-refractivity contribution in [1.29, 1.82) is 0 Å². The molecular weight excluding hydrogens is 466 g/mol. The van der Waals surface area contributed by atoms with Crippen LogP contribution in [0.2, 0.25) is 20.1 Å². The highest BCUT2D eigenvalue weighted by Crippen LogP contribution is 2.40. The number of anilines is 1. The predicted octanol–water partition coefficient (Wildman–Crippen LogP) is 4.22. The quantitative estimate of drug-likeness (QED) is 0.458. The van der Waals surface area contributed by atoms with E-state index in [1.54, 1.807) is 18.2 Å². The number of amides is 2. The number of rotatable bonds is 7. The summed E-state index contributed by atoms with van der Waals surface area (Å²) in [5.41, 5.74) is 0.301. The minimum atomic E-state index is -0.822. The van der Waals surface area contributed by atoms with Gasteiger partial charge < -0.3 is 20.1 Å². The van der Waals surface area contributed by atoms with E-state index in [1.165, 1.54) is 19.2 Å². The highest BCUT2D eigenvalue weighted by molar-refractivity contribution is 6.50. The molecule has 2 aromatic rings. The Balaban J connectivity index is 1.85. The molecule has 2 N–H and O–H groups in total. The number of ether oxygens (including phenoxy) is 2. The SMILES string of the molecule is COc1cccc(C(=O)NCC(=O)OCC(=O)Nc2c(Cl)c(Cl)cc(Cl)c2Cl)c1. The highest BCUT2D eigenvalue weighted by atomic mass is 35.5. The Morgan fingerprint density at radius 2 is 1.66 bits per heavy atom. The van der Waals surface area contributed by atoms with Crippen LogP contribution in [0.4, 0.5) is 5.69 Å². The maximum atomic E-state index is 12.0. The van der Waals surface area contributed by atoms with Crippen molar-refractivity contribution in [1.82, 2.24) is 5.32 Å². The number of benzene rings is 2. The maximum Gasteiger partial charge on any atom is 0.325 e. The Morgan fingerprint density at radius 3 is 2.28 bits per heavy atom. The summed E-state index contributed by atoms with van der Waals surface area (Å²) < 4.78 is 9.83. The molecule has 11 heteroatoms. The Labute approximate surface area is 186 Å². The van der Waals surface area contributed by atoms with Gasteiger partial charge in [-0.3, -0.25) is 14.4 Å². The fraction of sp³-hybridized carbons (Fsp3) is 0.167. The molecule has 2 amide bonds. The van der Waals surface area contributed by atoms with E-state index in [2.05, 4.69) is 10.6 Å². The molecule has 154 valence electrons. The Bertz CT molecular complexity index is 926. The third kappa shape index (κ3) is 6.40. The molecule has 0 fully saturated rings. The van der Waals surface area contributed by atoms with E-state index in [0.717, 1.165) is 0 Å². The fourth-order valence-corrected chi connectivity index (χ4v) is 2.98. The molecule has 0 radical (unpaired) electrons. The second-order valence-electron chi connectivity index (χ2n) is 5.47. The minimum Gasteiger partial charge on any atom is -0.497 e. The molecule has 7 nitrogen and oxygen atoms in total. The Kier molecular flexibility index (Phi) is 8.40. The molecule has 0 saturated heterocycles. The van der Waals surface area contributed by atoms with Crippen LogP contribution in [0.25, 0.3) is 0 Å². The van der Waals surface area contributed by atoms with Crippen LogP contribution in [0.15, 0.2) is 30.3 Å². The van der Waals surface area contributed by atoms with E-state index in [1.807, 2.05) is 0 Å². The molecule has 29 heavy (non-hydrogen) atoms. The van der Waals surface area contributed by atoms with Gasteiger partial charge >= 0.3 is 5.97 Å². The molecule has 2 rings (SSSR count). The van der Waals surface area contributed by atoms with Gasteiger partial charge in [-0.05, 0) is 24.3 Å². The zero-order valence-corrected chi connectivity index (χ0v) is 17.9. The number of hydrogen-bond donors (Lipinski definition) is 2. The monoisotopic (exact) mass is 478 g/mol. The van der Waals surface area contributed by atoms with Crippen LogP contribution in [0.1, 0.15) is 10.4 Å². The summed E-state index contributed by atoms with van der Waals surface area (Å²) in [5.74, 6) is -1.55. The summed E-state index contributed by atoms with van der Waals surface area (Å²) in [6.07, 6.45) is 0. The average molecular weight is 480 g/mol. The van der Waals surface area contributed by atoms with Crippen LogP contribution in [-0.4, -0.2) is 38.0 Å². The first-order chi connectivity index (χ1) is 13.7. The molecule has 0 aliphatic carbocycles. The summed E-state index contributed by atoms with van der Waals surface area (Å²) in [6, 6.07) is 7.70. The van der Waals surface area contributed by atoms with Crippen molar-refractivity contribution in [2.24, 2.45) is 0 Å². The molecule has 0 aromatic heterocycles. The van der Waals surface area contributed by atoms with Crippen LogP contribution >= 0.6 is 46.4 Å². The number of esters is 1. The van der Waals surface area contributed by atoms with Gasteiger partial charge in [0.25, 0.3) is 11.8 Å². The van der Waals surface area contributed by atoms with Gasteiger partial charge in [0.2, 0.25) is 0 Å². The first-order valence-corrected chi connectivity index (χ1v) is 9.44. The van der Waals surface area contributed by atoms with Crippen molar-refractivity contribution in [2.45, 2.75) is 0 Å². The lowest BCUT2D eigenvalue weighted by Crippen LogP contribution is -2.32. The molecular formula is C18H14Cl4N2O5. The van der Waals surface area contributed by atoms with Gasteiger partial charge in [0.15, 0.2) is 6.61 Å². The lowest BCUT2D eigenvalue weighted by atomic mass is 10.2. The molecule has 0 aliphatic heterocycles. The maximum absolute atomic E-state index is 12.0. The third-order valence-corrected chi connectivity index (χ3v) is 5.04. The molecule has 0 spiro atoms. The van der Waals surface area contributed by atoms with Crippen molar-refractivity contribution in [3.05, 3.63) is 56.0 Å². The second kappa shape index (κ2) is 10.5. The molecule has 0 heterocycles. The largest absolute Gasteiger partial charge is 0.497 e. The number of nitrogens with one attached hydrogen (secondary N) is 2. The molecule has 0 aliphatic rings. The van der Waals surface area contributed by atoms with Gasteiger partial charge in [0.1, 0.15) is 12.3 Å². The minimum absolute atomic E-state index is 0.00166. The van der Waals surface area contributed by atoms with Gasteiger partial charge in [-0.2, -0.15) is 0 Å². The number of hydrogen-bond acceptors (Lipinski definition) is 5. The smallest absolute Gasteiger partial charge is 0.325 e. The molecule has 0 saturated carbocycles. The molecule has 0 atom stereocenters. The zero-order chi connectivity index (χ0) is 21.6. The van der Waals surface area contributed by atoms with Gasteiger partial charge in [-0.1, -0.05) is 52.5 Å². The normalized spacial score (nSPS) is 10.2. The van der Waals surface area contributed by atoms with E-state index < -0.39 is 30.9 Å². The van der Waals surface area contributed by atoms with Crippen LogP contribution in [-0.2, 0) is 14.3 Å². The summed E-state index contributed by atoms with van der Waals surface area (Å²) in [6.45, 7) is -1.07. The molecule has 0 bridgehead atoms. The van der Waals surface area contributed by atoms with E-state index >= 15 is 0 Å². The Hall–Kier alpha value is -2.19. The summed E-state index contributed by atoms with van der Waals surface area (Å²) in [5, 5.41) is 4.91. The van der Waals surface area contributed by atoms with Crippen molar-refractivity contribution in [3.63, 3.8) is 0 Å². The van der Waals surface area contributed by atoms with Gasteiger partial charge in [-0.15, -0.1) is 0 Å². The van der Waals surface area contributed by atoms with Crippen molar-refractivity contribution >= 4 is 69.9 Å². The second-order valence-corrected chi connectivity index (χ2v) is 7.04. The number of carbonyl (C=O) groups excluding carboxylic acids is 3. The van der Waals surface area contributed by atoms with Crippen LogP contribution in [0.5, 0.6) is 5.75 Å². The fourth-order valence-electron chi connectivity index (χ4n) is 2.07. The summed E-state index contributed by atoms with van der Waals surface area (Å²) >= 11 is 23.7. The number of carbonyl (C=O) groups is 3. The van der Waals surface area contributed by atoms with Crippen molar-refractivity contribution < 1.29 is 23.9 Å². The van der Waals surface area contributed by atoms with Crippen molar-refractivity contribution in [2.75, 3.05) is 25.6 Å². The topological polar surface area (TPSA) is 93.7 Å². The summed E-state index contributed by atoms with van der Waals surface area (Å²) in [7, 11) is 1.47. The van der Waals surface area contributed by atoms with Gasteiger partial charge in [-0.25, -0.2) is 0 Å². The van der Waals surface area contributed by atoms with Crippen LogP contribution in [0, 0.1) is 0 Å².